The van der Waals surface area contributed by atoms with Gasteiger partial charge in [-0.1, -0.05) is 55.0 Å². The highest BCUT2D eigenvalue weighted by Gasteiger charge is 1.98. The van der Waals surface area contributed by atoms with Crippen LogP contribution >= 0.6 is 0 Å². The molecule has 0 heterocycles. The molecule has 1 unspecified atom stereocenters. The van der Waals surface area contributed by atoms with E-state index in [9.17, 15) is 0 Å². The quantitative estimate of drug-likeness (QED) is 0.580. The van der Waals surface area contributed by atoms with E-state index < -0.39 is 0 Å². The van der Waals surface area contributed by atoms with Gasteiger partial charge in [-0.25, -0.2) is 0 Å². The van der Waals surface area contributed by atoms with Crippen LogP contribution < -0.4 is 10.4 Å². The monoisotopic (exact) mass is 212 g/mol. The van der Waals surface area contributed by atoms with E-state index in [1.165, 1.54) is 28.9 Å². The van der Waals surface area contributed by atoms with E-state index in [4.69, 9.17) is 0 Å². The van der Waals surface area contributed by atoms with Crippen LogP contribution in [0.25, 0.3) is 11.6 Å². The largest absolute Gasteiger partial charge is 0.0879 e. The maximum absolute atomic E-state index is 2.37. The lowest BCUT2D eigenvalue weighted by Crippen LogP contribution is -2.26. The van der Waals surface area contributed by atoms with Crippen LogP contribution in [0, 0.1) is 5.92 Å². The summed E-state index contributed by atoms with van der Waals surface area (Å²) in [5, 5.41) is 2.84. The first-order valence-electron chi connectivity index (χ1n) is 6.19. The summed E-state index contributed by atoms with van der Waals surface area (Å²) in [4.78, 5) is 0. The molecule has 1 aliphatic carbocycles. The predicted molar refractivity (Wildman–Crippen MR) is 71.4 cm³/mol. The van der Waals surface area contributed by atoms with E-state index in [-0.39, 0.29) is 0 Å². The molecule has 0 nitrogen and oxygen atoms in total. The Morgan fingerprint density at radius 1 is 1.19 bits per heavy atom. The molecule has 0 spiro atoms. The van der Waals surface area contributed by atoms with E-state index in [0.717, 1.165) is 6.42 Å². The van der Waals surface area contributed by atoms with Crippen LogP contribution in [0.3, 0.4) is 0 Å². The lowest BCUT2D eigenvalue weighted by Gasteiger charge is -2.05. The molecule has 16 heavy (non-hydrogen) atoms. The van der Waals surface area contributed by atoms with Gasteiger partial charge < -0.3 is 0 Å². The van der Waals surface area contributed by atoms with E-state index in [1.54, 1.807) is 0 Å². The van der Waals surface area contributed by atoms with Gasteiger partial charge in [-0.2, -0.15) is 0 Å². The lowest BCUT2D eigenvalue weighted by atomic mass is 10.0. The first-order valence-corrected chi connectivity index (χ1v) is 6.19. The minimum absolute atomic E-state index is 0.659. The van der Waals surface area contributed by atoms with Gasteiger partial charge in [-0.3, -0.25) is 0 Å². The maximum atomic E-state index is 2.37. The van der Waals surface area contributed by atoms with E-state index >= 15 is 0 Å². The van der Waals surface area contributed by atoms with E-state index in [1.807, 2.05) is 0 Å². The molecule has 2 rings (SSSR count). The molecule has 1 atom stereocenters. The molecule has 1 aromatic rings. The first-order chi connectivity index (χ1) is 7.77. The smallest absolute Gasteiger partial charge is 0.0198 e. The van der Waals surface area contributed by atoms with Crippen molar-refractivity contribution in [2.24, 2.45) is 5.92 Å². The van der Waals surface area contributed by atoms with Crippen molar-refractivity contribution in [3.8, 4) is 0 Å². The fourth-order valence-electron chi connectivity index (χ4n) is 2.22. The topological polar surface area (TPSA) is 0 Å². The van der Waals surface area contributed by atoms with Crippen molar-refractivity contribution in [1.29, 1.82) is 0 Å². The molecule has 0 fully saturated rings. The zero-order valence-corrected chi connectivity index (χ0v) is 10.2. The zero-order chi connectivity index (χ0) is 11.4. The Balaban J connectivity index is 2.56. The van der Waals surface area contributed by atoms with Crippen molar-refractivity contribution >= 4 is 11.6 Å². The second-order valence-electron chi connectivity index (χ2n) is 4.75. The van der Waals surface area contributed by atoms with Gasteiger partial charge in [-0.05, 0) is 42.5 Å². The van der Waals surface area contributed by atoms with Gasteiger partial charge >= 0.3 is 0 Å². The van der Waals surface area contributed by atoms with Crippen LogP contribution in [-0.4, -0.2) is 0 Å². The third kappa shape index (κ3) is 2.63. The highest BCUT2D eigenvalue weighted by atomic mass is 14.0. The molecule has 0 N–H and O–H groups in total. The van der Waals surface area contributed by atoms with Gasteiger partial charge in [0, 0.05) is 0 Å². The van der Waals surface area contributed by atoms with Crippen molar-refractivity contribution in [3.63, 3.8) is 0 Å². The molecule has 0 saturated carbocycles. The van der Waals surface area contributed by atoms with Gasteiger partial charge in [0.2, 0.25) is 0 Å². The number of benzene rings is 1. The van der Waals surface area contributed by atoms with Crippen molar-refractivity contribution < 1.29 is 0 Å². The van der Waals surface area contributed by atoms with Crippen molar-refractivity contribution in [2.75, 3.05) is 0 Å². The molecule has 84 valence electrons. The van der Waals surface area contributed by atoms with Crippen LogP contribution in [-0.2, 0) is 0 Å². The summed E-state index contributed by atoms with van der Waals surface area (Å²) in [7, 11) is 0. The van der Waals surface area contributed by atoms with Gasteiger partial charge in [0.05, 0.1) is 0 Å². The second-order valence-corrected chi connectivity index (χ2v) is 4.75. The van der Waals surface area contributed by atoms with Crippen molar-refractivity contribution in [1.82, 2.24) is 0 Å². The fourth-order valence-corrected chi connectivity index (χ4v) is 2.22. The third-order valence-corrected chi connectivity index (χ3v) is 3.28. The van der Waals surface area contributed by atoms with Crippen LogP contribution in [0.4, 0.5) is 0 Å². The highest BCUT2D eigenvalue weighted by molar-refractivity contribution is 5.44. The Morgan fingerprint density at radius 3 is 2.88 bits per heavy atom. The Morgan fingerprint density at radius 2 is 2.00 bits per heavy atom. The molecule has 0 amide bonds. The minimum Gasteiger partial charge on any atom is -0.0879 e. The van der Waals surface area contributed by atoms with Gasteiger partial charge in [0.15, 0.2) is 0 Å². The summed E-state index contributed by atoms with van der Waals surface area (Å²) >= 11 is 0. The Hall–Kier alpha value is -1.30. The molecule has 0 bridgehead atoms. The molecular weight excluding hydrogens is 192 g/mol. The molecule has 0 radical (unpaired) electrons. The fraction of sp³-hybridized carbons (Fsp3) is 0.375. The number of rotatable bonds is 0. The zero-order valence-electron chi connectivity index (χ0n) is 10.2. The van der Waals surface area contributed by atoms with Crippen molar-refractivity contribution in [2.45, 2.75) is 33.1 Å². The molecular formula is C16H20. The number of hydrogen-bond acceptors (Lipinski definition) is 0. The van der Waals surface area contributed by atoms with Gasteiger partial charge in [0.1, 0.15) is 0 Å². The van der Waals surface area contributed by atoms with Crippen LogP contribution in [0.15, 0.2) is 36.4 Å². The van der Waals surface area contributed by atoms with Gasteiger partial charge in [-0.15, -0.1) is 0 Å². The molecule has 0 saturated heterocycles. The van der Waals surface area contributed by atoms with Gasteiger partial charge in [0.25, 0.3) is 0 Å². The molecule has 1 aliphatic rings. The normalized spacial score (nSPS) is 28.6. The molecule has 0 aromatic heterocycles. The summed E-state index contributed by atoms with van der Waals surface area (Å²) in [6.07, 6.45) is 10.5. The Kier molecular flexibility index (Phi) is 3.61. The Bertz CT molecular complexity index is 491. The van der Waals surface area contributed by atoms with Crippen LogP contribution in [0.5, 0.6) is 0 Å². The summed E-state index contributed by atoms with van der Waals surface area (Å²) in [6, 6.07) is 8.75. The van der Waals surface area contributed by atoms with E-state index in [0.29, 0.717) is 5.92 Å². The van der Waals surface area contributed by atoms with Crippen molar-refractivity contribution in [3.05, 3.63) is 46.9 Å². The molecule has 0 aliphatic heterocycles. The summed E-state index contributed by atoms with van der Waals surface area (Å²) in [5.74, 6) is 0.659. The number of fused-ring (bicyclic) bond motifs is 1. The standard InChI is InChI=1S/C16H20/c1-13-7-3-4-8-14(2)16-10-6-5-9-15(16)12-11-13/h3,5-7,9-10,12-13H,4,8,11H2,1-2H3/b7-3-,15-12+,16-14+. The van der Waals surface area contributed by atoms with E-state index in [2.05, 4.69) is 56.3 Å². The Labute approximate surface area is 98.0 Å². The number of allylic oxidation sites excluding steroid dienone is 2. The first kappa shape index (κ1) is 11.2. The van der Waals surface area contributed by atoms with Crippen LogP contribution in [0.2, 0.25) is 0 Å². The summed E-state index contributed by atoms with van der Waals surface area (Å²) < 4.78 is 0. The maximum Gasteiger partial charge on any atom is -0.0198 e. The lowest BCUT2D eigenvalue weighted by molar-refractivity contribution is 0.759. The third-order valence-electron chi connectivity index (χ3n) is 3.28. The minimum atomic E-state index is 0.659. The number of hydrogen-bond donors (Lipinski definition) is 0. The predicted octanol–water partition coefficient (Wildman–Crippen LogP) is 3.01. The SMILES string of the molecule is C/C1=c2/cccc/c2=C\CC(C)/C=C\CC1. The average molecular weight is 212 g/mol. The van der Waals surface area contributed by atoms with Crippen LogP contribution in [0.1, 0.15) is 33.1 Å². The molecule has 0 heteroatoms. The summed E-state index contributed by atoms with van der Waals surface area (Å²) in [6.45, 7) is 4.54. The average Bonchev–Trinajstić information content (AvgIpc) is 2.31. The summed E-state index contributed by atoms with van der Waals surface area (Å²) in [5.41, 5.74) is 1.51. The highest BCUT2D eigenvalue weighted by Crippen LogP contribution is 2.09. The second kappa shape index (κ2) is 5.16. The molecule has 1 aromatic carbocycles.